The SMILES string of the molecule is COCC(C)NC(N)=NCc1ccc2c(n1)CCCC2. The average molecular weight is 276 g/mol. The van der Waals surface area contributed by atoms with Crippen molar-refractivity contribution >= 4 is 5.96 Å². The van der Waals surface area contributed by atoms with E-state index in [0.717, 1.165) is 18.5 Å². The van der Waals surface area contributed by atoms with Gasteiger partial charge in [0.05, 0.1) is 18.8 Å². The molecule has 0 saturated heterocycles. The zero-order valence-electron chi connectivity index (χ0n) is 12.4. The molecule has 1 aromatic heterocycles. The number of nitrogens with one attached hydrogen (secondary N) is 1. The summed E-state index contributed by atoms with van der Waals surface area (Å²) in [5.41, 5.74) is 9.46. The highest BCUT2D eigenvalue weighted by molar-refractivity contribution is 5.78. The number of rotatable bonds is 5. The van der Waals surface area contributed by atoms with E-state index in [1.807, 2.05) is 6.92 Å². The van der Waals surface area contributed by atoms with Gasteiger partial charge < -0.3 is 15.8 Å². The molecule has 1 aliphatic carbocycles. The number of aryl methyl sites for hydroxylation is 2. The number of ether oxygens (including phenoxy) is 1. The van der Waals surface area contributed by atoms with Crippen molar-refractivity contribution in [1.29, 1.82) is 0 Å². The Hall–Kier alpha value is -1.62. The molecule has 0 radical (unpaired) electrons. The number of hydrogen-bond donors (Lipinski definition) is 2. The number of nitrogens with two attached hydrogens (primary N) is 1. The first-order valence-electron chi connectivity index (χ1n) is 7.22. The van der Waals surface area contributed by atoms with Crippen LogP contribution in [0.25, 0.3) is 0 Å². The van der Waals surface area contributed by atoms with E-state index >= 15 is 0 Å². The van der Waals surface area contributed by atoms with E-state index in [9.17, 15) is 0 Å². The number of methoxy groups -OCH3 is 1. The van der Waals surface area contributed by atoms with Gasteiger partial charge >= 0.3 is 0 Å². The summed E-state index contributed by atoms with van der Waals surface area (Å²) in [6, 6.07) is 4.39. The standard InChI is InChI=1S/C15H24N4O/c1-11(10-20-2)18-15(16)17-9-13-8-7-12-5-3-4-6-14(12)19-13/h7-8,11H,3-6,9-10H2,1-2H3,(H3,16,17,18). The van der Waals surface area contributed by atoms with Crippen LogP contribution < -0.4 is 11.1 Å². The van der Waals surface area contributed by atoms with Gasteiger partial charge in [-0.25, -0.2) is 4.99 Å². The molecule has 1 atom stereocenters. The van der Waals surface area contributed by atoms with Crippen LogP contribution in [-0.4, -0.2) is 30.7 Å². The summed E-state index contributed by atoms with van der Waals surface area (Å²) in [5.74, 6) is 0.439. The molecule has 1 unspecified atom stereocenters. The van der Waals surface area contributed by atoms with Crippen molar-refractivity contribution < 1.29 is 4.74 Å². The molecule has 0 aromatic carbocycles. The number of pyridine rings is 1. The monoisotopic (exact) mass is 276 g/mol. The van der Waals surface area contributed by atoms with E-state index in [2.05, 4.69) is 27.4 Å². The van der Waals surface area contributed by atoms with Gasteiger partial charge in [0.2, 0.25) is 0 Å². The van der Waals surface area contributed by atoms with Crippen LogP contribution in [0.1, 0.15) is 36.7 Å². The second-order valence-electron chi connectivity index (χ2n) is 5.32. The first kappa shape index (κ1) is 14.8. The normalized spacial score (nSPS) is 16.6. The van der Waals surface area contributed by atoms with Crippen molar-refractivity contribution in [2.45, 2.75) is 45.2 Å². The van der Waals surface area contributed by atoms with Crippen molar-refractivity contribution in [2.24, 2.45) is 10.7 Å². The molecule has 5 heteroatoms. The number of hydrogen-bond acceptors (Lipinski definition) is 3. The Morgan fingerprint density at radius 1 is 1.45 bits per heavy atom. The summed E-state index contributed by atoms with van der Waals surface area (Å²) in [4.78, 5) is 9.02. The molecule has 0 saturated carbocycles. The zero-order chi connectivity index (χ0) is 14.4. The smallest absolute Gasteiger partial charge is 0.189 e. The molecule has 5 nitrogen and oxygen atoms in total. The molecule has 0 amide bonds. The molecular formula is C15H24N4O. The van der Waals surface area contributed by atoms with Crippen LogP contribution in [0.3, 0.4) is 0 Å². The summed E-state index contributed by atoms with van der Waals surface area (Å²) in [7, 11) is 1.67. The lowest BCUT2D eigenvalue weighted by Gasteiger charge is -2.15. The van der Waals surface area contributed by atoms with E-state index in [0.29, 0.717) is 19.1 Å². The Balaban J connectivity index is 1.92. The molecule has 0 spiro atoms. The molecular weight excluding hydrogens is 252 g/mol. The number of guanidine groups is 1. The molecule has 2 rings (SSSR count). The molecule has 3 N–H and O–H groups in total. The van der Waals surface area contributed by atoms with E-state index in [-0.39, 0.29) is 6.04 Å². The summed E-state index contributed by atoms with van der Waals surface area (Å²) < 4.78 is 5.04. The average Bonchev–Trinajstić information content (AvgIpc) is 2.45. The molecule has 1 aromatic rings. The number of nitrogens with zero attached hydrogens (tertiary/aromatic N) is 2. The van der Waals surface area contributed by atoms with Gasteiger partial charge in [0, 0.05) is 18.8 Å². The minimum atomic E-state index is 0.153. The van der Waals surface area contributed by atoms with Crippen LogP contribution in [0.15, 0.2) is 17.1 Å². The second-order valence-corrected chi connectivity index (χ2v) is 5.32. The third-order valence-corrected chi connectivity index (χ3v) is 3.46. The highest BCUT2D eigenvalue weighted by atomic mass is 16.5. The quantitative estimate of drug-likeness (QED) is 0.630. The Bertz CT molecular complexity index is 473. The fourth-order valence-corrected chi connectivity index (χ4v) is 2.47. The van der Waals surface area contributed by atoms with Gasteiger partial charge in [-0.2, -0.15) is 0 Å². The Morgan fingerprint density at radius 2 is 2.25 bits per heavy atom. The summed E-state index contributed by atoms with van der Waals surface area (Å²) >= 11 is 0. The Labute approximate surface area is 120 Å². The lowest BCUT2D eigenvalue weighted by Crippen LogP contribution is -2.40. The zero-order valence-corrected chi connectivity index (χ0v) is 12.4. The fraction of sp³-hybridized carbons (Fsp3) is 0.600. The van der Waals surface area contributed by atoms with Gasteiger partial charge in [0.1, 0.15) is 0 Å². The topological polar surface area (TPSA) is 72.5 Å². The van der Waals surface area contributed by atoms with Crippen LogP contribution in [0.2, 0.25) is 0 Å². The number of aliphatic imine (C=N–C) groups is 1. The highest BCUT2D eigenvalue weighted by Gasteiger charge is 2.10. The van der Waals surface area contributed by atoms with Crippen molar-refractivity contribution in [2.75, 3.05) is 13.7 Å². The summed E-state index contributed by atoms with van der Waals surface area (Å²) in [6.07, 6.45) is 4.76. The Morgan fingerprint density at radius 3 is 3.05 bits per heavy atom. The van der Waals surface area contributed by atoms with Crippen LogP contribution in [-0.2, 0) is 24.1 Å². The number of aromatic nitrogens is 1. The highest BCUT2D eigenvalue weighted by Crippen LogP contribution is 2.19. The van der Waals surface area contributed by atoms with Gasteiger partial charge in [-0.15, -0.1) is 0 Å². The predicted molar refractivity (Wildman–Crippen MR) is 80.7 cm³/mol. The van der Waals surface area contributed by atoms with Gasteiger partial charge in [0.15, 0.2) is 5.96 Å². The van der Waals surface area contributed by atoms with Gasteiger partial charge in [-0.05, 0) is 44.2 Å². The third kappa shape index (κ3) is 4.20. The van der Waals surface area contributed by atoms with E-state index < -0.39 is 0 Å². The maximum Gasteiger partial charge on any atom is 0.189 e. The minimum absolute atomic E-state index is 0.153. The van der Waals surface area contributed by atoms with Crippen LogP contribution >= 0.6 is 0 Å². The molecule has 0 aliphatic heterocycles. The fourth-order valence-electron chi connectivity index (χ4n) is 2.47. The van der Waals surface area contributed by atoms with E-state index in [1.54, 1.807) is 7.11 Å². The first-order valence-corrected chi connectivity index (χ1v) is 7.22. The first-order chi connectivity index (χ1) is 9.69. The summed E-state index contributed by atoms with van der Waals surface area (Å²) in [5, 5.41) is 3.09. The van der Waals surface area contributed by atoms with Crippen LogP contribution in [0, 0.1) is 0 Å². The van der Waals surface area contributed by atoms with Crippen molar-refractivity contribution in [3.05, 3.63) is 29.1 Å². The van der Waals surface area contributed by atoms with Crippen LogP contribution in [0.5, 0.6) is 0 Å². The lowest BCUT2D eigenvalue weighted by atomic mass is 9.96. The molecule has 1 heterocycles. The minimum Gasteiger partial charge on any atom is -0.383 e. The van der Waals surface area contributed by atoms with Crippen molar-refractivity contribution in [3.63, 3.8) is 0 Å². The van der Waals surface area contributed by atoms with Gasteiger partial charge in [0.25, 0.3) is 0 Å². The largest absolute Gasteiger partial charge is 0.383 e. The van der Waals surface area contributed by atoms with Gasteiger partial charge in [-0.1, -0.05) is 6.07 Å². The molecule has 0 bridgehead atoms. The number of fused-ring (bicyclic) bond motifs is 1. The second kappa shape index (κ2) is 7.24. The van der Waals surface area contributed by atoms with E-state index in [4.69, 9.17) is 10.5 Å². The Kier molecular flexibility index (Phi) is 5.35. The third-order valence-electron chi connectivity index (χ3n) is 3.46. The molecule has 1 aliphatic rings. The van der Waals surface area contributed by atoms with Crippen molar-refractivity contribution in [1.82, 2.24) is 10.3 Å². The van der Waals surface area contributed by atoms with Gasteiger partial charge in [-0.3, -0.25) is 4.98 Å². The van der Waals surface area contributed by atoms with Crippen LogP contribution in [0.4, 0.5) is 0 Å². The molecule has 20 heavy (non-hydrogen) atoms. The lowest BCUT2D eigenvalue weighted by molar-refractivity contribution is 0.179. The molecule has 0 fully saturated rings. The maximum absolute atomic E-state index is 5.85. The summed E-state index contributed by atoms with van der Waals surface area (Å²) in [6.45, 7) is 3.13. The maximum atomic E-state index is 5.85. The van der Waals surface area contributed by atoms with Crippen molar-refractivity contribution in [3.8, 4) is 0 Å². The molecule has 110 valence electrons. The van der Waals surface area contributed by atoms with E-state index in [1.165, 1.54) is 24.1 Å². The predicted octanol–water partition coefficient (Wildman–Crippen LogP) is 1.40.